The van der Waals surface area contributed by atoms with Gasteiger partial charge in [0.05, 0.1) is 5.69 Å². The number of carbonyl (C=O) groups is 1. The van der Waals surface area contributed by atoms with Crippen molar-refractivity contribution in [3.8, 4) is 5.75 Å². The highest BCUT2D eigenvalue weighted by molar-refractivity contribution is 7.98. The lowest BCUT2D eigenvalue weighted by molar-refractivity contribution is -0.118. The fourth-order valence-electron chi connectivity index (χ4n) is 3.01. The van der Waals surface area contributed by atoms with E-state index in [4.69, 9.17) is 9.15 Å². The van der Waals surface area contributed by atoms with Gasteiger partial charge in [-0.15, -0.1) is 0 Å². The number of nitrogens with one attached hydrogen (secondary N) is 1. The molecule has 0 saturated heterocycles. The number of hydrogen-bond donors (Lipinski definition) is 1. The molecule has 1 aromatic carbocycles. The molecule has 0 spiro atoms. The molecule has 1 amide bonds. The minimum atomic E-state index is -0.409. The van der Waals surface area contributed by atoms with Gasteiger partial charge in [0, 0.05) is 41.6 Å². The summed E-state index contributed by atoms with van der Waals surface area (Å²) in [6.07, 6.45) is 0. The van der Waals surface area contributed by atoms with Crippen LogP contribution in [0.25, 0.3) is 11.0 Å². The number of amides is 1. The zero-order chi connectivity index (χ0) is 18.3. The molecule has 2 aromatic heterocycles. The van der Waals surface area contributed by atoms with Crippen molar-refractivity contribution >= 4 is 34.5 Å². The van der Waals surface area contributed by atoms with Crippen LogP contribution in [-0.4, -0.2) is 22.3 Å². The molecule has 1 N–H and O–H groups in total. The van der Waals surface area contributed by atoms with E-state index in [1.807, 2.05) is 20.0 Å². The molecule has 0 bridgehead atoms. The number of benzene rings is 1. The summed E-state index contributed by atoms with van der Waals surface area (Å²) in [5, 5.41) is 8.11. The molecule has 0 radical (unpaired) electrons. The lowest BCUT2D eigenvalue weighted by Crippen LogP contribution is -2.22. The second-order valence-electron chi connectivity index (χ2n) is 6.13. The fourth-order valence-corrected chi connectivity index (χ4v) is 4.04. The van der Waals surface area contributed by atoms with Gasteiger partial charge in [-0.05, 0) is 24.6 Å². The summed E-state index contributed by atoms with van der Waals surface area (Å²) in [5.74, 6) is 2.64. The maximum Gasteiger partial charge on any atom is 0.336 e. The first kappa shape index (κ1) is 16.7. The van der Waals surface area contributed by atoms with Crippen LogP contribution in [0.15, 0.2) is 33.5 Å². The largest absolute Gasteiger partial charge is 0.484 e. The Morgan fingerprint density at radius 2 is 2.23 bits per heavy atom. The molecule has 8 heteroatoms. The molecule has 7 nitrogen and oxygen atoms in total. The number of nitrogens with zero attached hydrogens (tertiary/aromatic N) is 2. The molecule has 0 aliphatic carbocycles. The molecule has 134 valence electrons. The van der Waals surface area contributed by atoms with E-state index in [1.165, 1.54) is 6.07 Å². The summed E-state index contributed by atoms with van der Waals surface area (Å²) < 4.78 is 12.4. The minimum absolute atomic E-state index is 0.144. The van der Waals surface area contributed by atoms with E-state index in [1.54, 1.807) is 28.6 Å². The van der Waals surface area contributed by atoms with Crippen LogP contribution in [0.5, 0.6) is 5.75 Å². The van der Waals surface area contributed by atoms with Crippen LogP contribution in [-0.2, 0) is 23.3 Å². The number of aromatic nitrogens is 2. The van der Waals surface area contributed by atoms with E-state index < -0.39 is 5.63 Å². The first-order valence-electron chi connectivity index (χ1n) is 8.11. The van der Waals surface area contributed by atoms with Crippen molar-refractivity contribution in [2.24, 2.45) is 7.05 Å². The Bertz CT molecular complexity index is 1070. The van der Waals surface area contributed by atoms with Gasteiger partial charge in [-0.2, -0.15) is 16.9 Å². The highest BCUT2D eigenvalue weighted by atomic mass is 32.2. The summed E-state index contributed by atoms with van der Waals surface area (Å²) in [6.45, 7) is 1.70. The Labute approximate surface area is 153 Å². The summed E-state index contributed by atoms with van der Waals surface area (Å²) in [6, 6.07) is 6.63. The molecule has 0 atom stereocenters. The zero-order valence-corrected chi connectivity index (χ0v) is 15.2. The molecule has 3 aromatic rings. The Balaban J connectivity index is 1.46. The molecule has 0 saturated carbocycles. The second-order valence-corrected chi connectivity index (χ2v) is 7.12. The maximum atomic E-state index is 12.3. The van der Waals surface area contributed by atoms with Gasteiger partial charge in [-0.25, -0.2) is 4.79 Å². The van der Waals surface area contributed by atoms with Gasteiger partial charge < -0.3 is 14.5 Å². The number of hydrogen-bond acceptors (Lipinski definition) is 6. The van der Waals surface area contributed by atoms with Gasteiger partial charge in [-0.3, -0.25) is 9.48 Å². The summed E-state index contributed by atoms with van der Waals surface area (Å²) in [5.41, 5.74) is 2.97. The van der Waals surface area contributed by atoms with E-state index in [0.717, 1.165) is 39.5 Å². The predicted molar refractivity (Wildman–Crippen MR) is 99.6 cm³/mol. The van der Waals surface area contributed by atoms with Crippen LogP contribution in [0.1, 0.15) is 16.8 Å². The number of rotatable bonds is 4. The van der Waals surface area contributed by atoms with Crippen LogP contribution in [0.3, 0.4) is 0 Å². The summed E-state index contributed by atoms with van der Waals surface area (Å²) >= 11 is 1.78. The van der Waals surface area contributed by atoms with E-state index in [2.05, 4.69) is 10.4 Å². The van der Waals surface area contributed by atoms with Crippen LogP contribution in [0.2, 0.25) is 0 Å². The third-order valence-electron chi connectivity index (χ3n) is 4.26. The topological polar surface area (TPSA) is 86.4 Å². The highest BCUT2D eigenvalue weighted by Crippen LogP contribution is 2.34. The van der Waals surface area contributed by atoms with Crippen molar-refractivity contribution < 1.29 is 13.9 Å². The lowest BCUT2D eigenvalue weighted by Gasteiger charge is -2.09. The van der Waals surface area contributed by atoms with Gasteiger partial charge in [0.1, 0.15) is 17.2 Å². The van der Waals surface area contributed by atoms with E-state index in [-0.39, 0.29) is 12.5 Å². The Morgan fingerprint density at radius 3 is 3.08 bits per heavy atom. The third-order valence-corrected chi connectivity index (χ3v) is 5.23. The van der Waals surface area contributed by atoms with Crippen LogP contribution < -0.4 is 15.7 Å². The standard InChI is InChI=1S/C18H17N3O4S/c1-10-5-17(23)25-15-6-11(3-4-12(10)15)24-7-16(22)19-18-13-8-26-9-14(13)20-21(18)2/h3-6H,7-9H2,1-2H3,(H,19,22). The predicted octanol–water partition coefficient (Wildman–Crippen LogP) is 2.60. The first-order chi connectivity index (χ1) is 12.5. The van der Waals surface area contributed by atoms with Crippen LogP contribution >= 0.6 is 11.8 Å². The normalized spacial score (nSPS) is 13.0. The van der Waals surface area contributed by atoms with Crippen LogP contribution in [0.4, 0.5) is 5.82 Å². The second kappa shape index (κ2) is 6.53. The number of fused-ring (bicyclic) bond motifs is 2. The fraction of sp³-hybridized carbons (Fsp3) is 0.278. The summed E-state index contributed by atoms with van der Waals surface area (Å²) in [7, 11) is 1.81. The van der Waals surface area contributed by atoms with E-state index in [0.29, 0.717) is 11.3 Å². The molecule has 4 rings (SSSR count). The van der Waals surface area contributed by atoms with E-state index in [9.17, 15) is 9.59 Å². The molecule has 0 unspecified atom stereocenters. The van der Waals surface area contributed by atoms with Gasteiger partial charge in [-0.1, -0.05) is 0 Å². The average Bonchev–Trinajstić information content (AvgIpc) is 3.15. The SMILES string of the molecule is Cc1cc(=O)oc2cc(OCC(=O)Nc3c4c(nn3C)CSC4)ccc12. The monoisotopic (exact) mass is 371 g/mol. The van der Waals surface area contributed by atoms with Gasteiger partial charge in [0.15, 0.2) is 6.61 Å². The number of carbonyl (C=O) groups excluding carboxylic acids is 1. The van der Waals surface area contributed by atoms with Crippen molar-refractivity contribution in [2.45, 2.75) is 18.4 Å². The molecule has 26 heavy (non-hydrogen) atoms. The summed E-state index contributed by atoms with van der Waals surface area (Å²) in [4.78, 5) is 23.8. The van der Waals surface area contributed by atoms with Crippen molar-refractivity contribution in [1.29, 1.82) is 0 Å². The van der Waals surface area contributed by atoms with Gasteiger partial charge in [0.25, 0.3) is 5.91 Å². The molecule has 3 heterocycles. The number of anilines is 1. The van der Waals surface area contributed by atoms with Crippen molar-refractivity contribution in [2.75, 3.05) is 11.9 Å². The molecule has 0 fully saturated rings. The Morgan fingerprint density at radius 1 is 1.38 bits per heavy atom. The minimum Gasteiger partial charge on any atom is -0.484 e. The average molecular weight is 371 g/mol. The Hall–Kier alpha value is -2.74. The first-order valence-corrected chi connectivity index (χ1v) is 9.26. The lowest BCUT2D eigenvalue weighted by atomic mass is 10.1. The molecular formula is C18H17N3O4S. The number of aryl methyl sites for hydroxylation is 2. The van der Waals surface area contributed by atoms with Gasteiger partial charge >= 0.3 is 5.63 Å². The van der Waals surface area contributed by atoms with Crippen molar-refractivity contribution in [1.82, 2.24) is 9.78 Å². The van der Waals surface area contributed by atoms with Crippen molar-refractivity contribution in [3.05, 3.63) is 51.5 Å². The van der Waals surface area contributed by atoms with Gasteiger partial charge in [0.2, 0.25) is 0 Å². The zero-order valence-electron chi connectivity index (χ0n) is 14.4. The Kier molecular flexibility index (Phi) is 4.20. The quantitative estimate of drug-likeness (QED) is 0.710. The smallest absolute Gasteiger partial charge is 0.336 e. The molecular weight excluding hydrogens is 354 g/mol. The third kappa shape index (κ3) is 3.08. The molecule has 1 aliphatic rings. The van der Waals surface area contributed by atoms with E-state index >= 15 is 0 Å². The van der Waals surface area contributed by atoms with Crippen LogP contribution in [0, 0.1) is 6.92 Å². The number of thioether (sulfide) groups is 1. The molecule has 1 aliphatic heterocycles. The maximum absolute atomic E-state index is 12.3. The van der Waals surface area contributed by atoms with Crippen molar-refractivity contribution in [3.63, 3.8) is 0 Å². The number of ether oxygens (including phenoxy) is 1. The highest BCUT2D eigenvalue weighted by Gasteiger charge is 2.22.